The van der Waals surface area contributed by atoms with Gasteiger partial charge in [-0.2, -0.15) is 22.9 Å². The van der Waals surface area contributed by atoms with E-state index in [4.69, 9.17) is 21.1 Å². The molecule has 0 N–H and O–H groups in total. The van der Waals surface area contributed by atoms with E-state index in [1.807, 2.05) is 19.1 Å². The molecule has 0 radical (unpaired) electrons. The molecule has 0 aliphatic rings. The zero-order valence-electron chi connectivity index (χ0n) is 22.0. The molecule has 1 aromatic heterocycles. The SMILES string of the molecule is CCOc1cc(C=Nn2c(-c3cccc(C(F)(F)F)c3)nc3ccccc3c2=O)c(Br)cc1OCc1ccc(Cl)cc1. The van der Waals surface area contributed by atoms with E-state index in [1.165, 1.54) is 18.3 Å². The van der Waals surface area contributed by atoms with Crippen molar-refractivity contribution < 1.29 is 22.6 Å². The Morgan fingerprint density at radius 2 is 1.71 bits per heavy atom. The van der Waals surface area contributed by atoms with E-state index in [0.29, 0.717) is 38.7 Å². The second kappa shape index (κ2) is 12.4. The lowest BCUT2D eigenvalue weighted by molar-refractivity contribution is -0.137. The van der Waals surface area contributed by atoms with Crippen LogP contribution in [0.25, 0.3) is 22.3 Å². The van der Waals surface area contributed by atoms with Gasteiger partial charge in [-0.1, -0.05) is 48.0 Å². The number of hydrogen-bond acceptors (Lipinski definition) is 5. The maximum atomic E-state index is 13.5. The number of fused-ring (bicyclic) bond motifs is 1. The first-order valence-electron chi connectivity index (χ1n) is 12.7. The van der Waals surface area contributed by atoms with Crippen LogP contribution < -0.4 is 15.0 Å². The van der Waals surface area contributed by atoms with Crippen molar-refractivity contribution in [1.82, 2.24) is 9.66 Å². The third-order valence-electron chi connectivity index (χ3n) is 6.18. The molecule has 0 aliphatic carbocycles. The number of ether oxygens (including phenoxy) is 2. The van der Waals surface area contributed by atoms with Gasteiger partial charge in [-0.3, -0.25) is 4.79 Å². The highest BCUT2D eigenvalue weighted by molar-refractivity contribution is 9.10. The molecule has 0 unspecified atom stereocenters. The van der Waals surface area contributed by atoms with E-state index >= 15 is 0 Å². The Hall–Kier alpha value is -4.15. The van der Waals surface area contributed by atoms with Gasteiger partial charge in [-0.25, -0.2) is 4.98 Å². The summed E-state index contributed by atoms with van der Waals surface area (Å²) < 4.78 is 53.8. The maximum absolute atomic E-state index is 13.5. The van der Waals surface area contributed by atoms with Gasteiger partial charge in [0, 0.05) is 20.6 Å². The van der Waals surface area contributed by atoms with Crippen LogP contribution in [-0.2, 0) is 12.8 Å². The molecule has 11 heteroatoms. The molecule has 0 atom stereocenters. The molecule has 0 aliphatic heterocycles. The van der Waals surface area contributed by atoms with Crippen molar-refractivity contribution in [3.8, 4) is 22.9 Å². The highest BCUT2D eigenvalue weighted by Crippen LogP contribution is 2.35. The molecular weight excluding hydrogens is 635 g/mol. The first-order valence-corrected chi connectivity index (χ1v) is 13.9. The molecule has 4 aromatic carbocycles. The lowest BCUT2D eigenvalue weighted by Gasteiger charge is -2.14. The fraction of sp³-hybridized carbons (Fsp3) is 0.129. The van der Waals surface area contributed by atoms with Gasteiger partial charge in [-0.05, 0) is 76.9 Å². The highest BCUT2D eigenvalue weighted by atomic mass is 79.9. The molecule has 6 nitrogen and oxygen atoms in total. The van der Waals surface area contributed by atoms with E-state index < -0.39 is 17.3 Å². The van der Waals surface area contributed by atoms with Gasteiger partial charge in [0.2, 0.25) is 0 Å². The summed E-state index contributed by atoms with van der Waals surface area (Å²) in [6.07, 6.45) is -3.16. The van der Waals surface area contributed by atoms with E-state index in [-0.39, 0.29) is 23.4 Å². The molecule has 42 heavy (non-hydrogen) atoms. The normalized spacial score (nSPS) is 11.8. The van der Waals surface area contributed by atoms with Gasteiger partial charge >= 0.3 is 6.18 Å². The molecular formula is C31H22BrClF3N3O3. The number of para-hydroxylation sites is 1. The number of alkyl halides is 3. The van der Waals surface area contributed by atoms with Crippen LogP contribution >= 0.6 is 27.5 Å². The number of hydrogen-bond donors (Lipinski definition) is 0. The van der Waals surface area contributed by atoms with Crippen LogP contribution in [0.2, 0.25) is 5.02 Å². The third-order valence-corrected chi connectivity index (χ3v) is 7.12. The van der Waals surface area contributed by atoms with Crippen molar-refractivity contribution in [2.24, 2.45) is 5.10 Å². The summed E-state index contributed by atoms with van der Waals surface area (Å²) in [5, 5.41) is 5.28. The van der Waals surface area contributed by atoms with E-state index in [9.17, 15) is 18.0 Å². The van der Waals surface area contributed by atoms with Gasteiger partial charge in [0.05, 0.1) is 29.3 Å². The van der Waals surface area contributed by atoms with Gasteiger partial charge in [0.15, 0.2) is 17.3 Å². The van der Waals surface area contributed by atoms with Gasteiger partial charge in [-0.15, -0.1) is 0 Å². The summed E-state index contributed by atoms with van der Waals surface area (Å²) in [5.41, 5.74) is 0.471. The monoisotopic (exact) mass is 655 g/mol. The minimum Gasteiger partial charge on any atom is -0.490 e. The van der Waals surface area contributed by atoms with Crippen LogP contribution in [0.4, 0.5) is 13.2 Å². The van der Waals surface area contributed by atoms with Crippen molar-refractivity contribution in [2.45, 2.75) is 19.7 Å². The van der Waals surface area contributed by atoms with E-state index in [1.54, 1.807) is 48.5 Å². The molecule has 0 amide bonds. The average molecular weight is 657 g/mol. The zero-order valence-corrected chi connectivity index (χ0v) is 24.4. The number of aromatic nitrogens is 2. The molecule has 0 fully saturated rings. The summed E-state index contributed by atoms with van der Waals surface area (Å²) in [7, 11) is 0. The Labute approximate surface area is 252 Å². The second-order valence-electron chi connectivity index (χ2n) is 9.06. The quantitative estimate of drug-likeness (QED) is 0.158. The second-order valence-corrected chi connectivity index (χ2v) is 10.4. The molecule has 214 valence electrons. The van der Waals surface area contributed by atoms with Gasteiger partial charge in [0.25, 0.3) is 5.56 Å². The van der Waals surface area contributed by atoms with Crippen molar-refractivity contribution in [3.63, 3.8) is 0 Å². The Morgan fingerprint density at radius 3 is 2.45 bits per heavy atom. The van der Waals surface area contributed by atoms with Crippen LogP contribution in [-0.4, -0.2) is 22.5 Å². The minimum absolute atomic E-state index is 0.0369. The average Bonchev–Trinajstić information content (AvgIpc) is 2.97. The fourth-order valence-corrected chi connectivity index (χ4v) is 4.70. The third kappa shape index (κ3) is 6.50. The summed E-state index contributed by atoms with van der Waals surface area (Å²) in [6.45, 7) is 2.47. The van der Waals surface area contributed by atoms with Gasteiger partial charge < -0.3 is 9.47 Å². The van der Waals surface area contributed by atoms with Crippen molar-refractivity contribution in [2.75, 3.05) is 6.61 Å². The topological polar surface area (TPSA) is 65.7 Å². The number of halogens is 5. The van der Waals surface area contributed by atoms with Crippen LogP contribution in [0.15, 0.2) is 99.3 Å². The smallest absolute Gasteiger partial charge is 0.416 e. The van der Waals surface area contributed by atoms with Crippen molar-refractivity contribution in [1.29, 1.82) is 0 Å². The van der Waals surface area contributed by atoms with Crippen LogP contribution in [0.3, 0.4) is 0 Å². The van der Waals surface area contributed by atoms with Crippen molar-refractivity contribution in [3.05, 3.63) is 121 Å². The largest absolute Gasteiger partial charge is 0.490 e. The maximum Gasteiger partial charge on any atom is 0.416 e. The van der Waals surface area contributed by atoms with Crippen LogP contribution in [0.1, 0.15) is 23.6 Å². The summed E-state index contributed by atoms with van der Waals surface area (Å²) in [5.74, 6) is 0.883. The van der Waals surface area contributed by atoms with E-state index in [0.717, 1.165) is 22.4 Å². The molecule has 0 saturated heterocycles. The lowest BCUT2D eigenvalue weighted by atomic mass is 10.1. The first kappa shape index (κ1) is 29.3. The molecule has 0 spiro atoms. The number of rotatable bonds is 8. The number of benzene rings is 4. The summed E-state index contributed by atoms with van der Waals surface area (Å²) in [4.78, 5) is 18.0. The summed E-state index contributed by atoms with van der Waals surface area (Å²) in [6, 6.07) is 21.9. The Morgan fingerprint density at radius 1 is 0.976 bits per heavy atom. The Kier molecular flexibility index (Phi) is 8.65. The zero-order chi connectivity index (χ0) is 29.9. The lowest BCUT2D eigenvalue weighted by Crippen LogP contribution is -2.20. The van der Waals surface area contributed by atoms with E-state index in [2.05, 4.69) is 26.0 Å². The number of nitrogens with zero attached hydrogens (tertiary/aromatic N) is 3. The minimum atomic E-state index is -4.57. The fourth-order valence-electron chi connectivity index (χ4n) is 4.14. The molecule has 5 aromatic rings. The predicted octanol–water partition coefficient (Wildman–Crippen LogP) is 8.36. The highest BCUT2D eigenvalue weighted by Gasteiger charge is 2.31. The van der Waals surface area contributed by atoms with Crippen molar-refractivity contribution >= 4 is 44.6 Å². The van der Waals surface area contributed by atoms with Crippen LogP contribution in [0.5, 0.6) is 11.5 Å². The standard InChI is InChI=1S/C31H22BrClF3N3O3/c1-2-41-27-15-21(25(32)16-28(27)42-18-19-10-12-23(33)13-11-19)17-37-39-29(20-6-5-7-22(14-20)31(34,35)36)38-26-9-4-3-8-24(26)30(39)40/h3-17H,2,18H2,1H3. The van der Waals surface area contributed by atoms with Crippen LogP contribution in [0, 0.1) is 0 Å². The predicted molar refractivity (Wildman–Crippen MR) is 161 cm³/mol. The Bertz CT molecular complexity index is 1840. The summed E-state index contributed by atoms with van der Waals surface area (Å²) >= 11 is 9.49. The Balaban J connectivity index is 1.56. The first-order chi connectivity index (χ1) is 20.1. The molecule has 1 heterocycles. The molecule has 5 rings (SSSR count). The molecule has 0 saturated carbocycles. The molecule has 0 bridgehead atoms. The van der Waals surface area contributed by atoms with Gasteiger partial charge in [0.1, 0.15) is 6.61 Å².